The van der Waals surface area contributed by atoms with Crippen LogP contribution < -0.4 is 4.74 Å². The highest BCUT2D eigenvalue weighted by Crippen LogP contribution is 2.29. The molecule has 3 nitrogen and oxygen atoms in total. The second kappa shape index (κ2) is 6.44. The summed E-state index contributed by atoms with van der Waals surface area (Å²) in [6.45, 7) is 2.81. The van der Waals surface area contributed by atoms with Gasteiger partial charge in [0, 0.05) is 16.8 Å². The topological polar surface area (TPSA) is 35.0 Å². The smallest absolute Gasteiger partial charge is 0.161 e. The number of aromatic nitrogens is 2. The molecule has 1 aromatic heterocycles. The van der Waals surface area contributed by atoms with Crippen LogP contribution in [0.1, 0.15) is 37.4 Å². The molecule has 0 spiro atoms. The molecule has 0 amide bonds. The molecule has 0 saturated heterocycles. The number of rotatable bonds is 4. The molecule has 0 radical (unpaired) electrons. The molecular weight excluding hydrogens is 284 g/mol. The third-order valence-corrected chi connectivity index (χ3v) is 4.01. The van der Waals surface area contributed by atoms with Gasteiger partial charge in [-0.15, -0.1) is 0 Å². The fraction of sp³-hybridized carbons (Fsp3) is 0.412. The van der Waals surface area contributed by atoms with Crippen molar-refractivity contribution in [2.24, 2.45) is 0 Å². The maximum Gasteiger partial charge on any atom is 0.161 e. The standard InChI is InChI=1S/C17H19ClN2O/c1-2-10-21-13-7-5-6-12(11-13)17-19-15-9-4-3-8-14(15)16(18)20-17/h5-7,11H,2-4,8-10H2,1H3. The van der Waals surface area contributed by atoms with Crippen LogP contribution in [0.25, 0.3) is 11.4 Å². The lowest BCUT2D eigenvalue weighted by Gasteiger charge is -2.16. The normalized spacial score (nSPS) is 13.8. The maximum atomic E-state index is 6.34. The molecule has 0 N–H and O–H groups in total. The zero-order valence-electron chi connectivity index (χ0n) is 12.2. The van der Waals surface area contributed by atoms with Gasteiger partial charge in [0.25, 0.3) is 0 Å². The van der Waals surface area contributed by atoms with E-state index in [4.69, 9.17) is 21.3 Å². The van der Waals surface area contributed by atoms with Crippen molar-refractivity contribution >= 4 is 11.6 Å². The molecule has 1 heterocycles. The molecule has 1 aliphatic rings. The van der Waals surface area contributed by atoms with Crippen LogP contribution in [0.2, 0.25) is 5.15 Å². The number of fused-ring (bicyclic) bond motifs is 1. The maximum absolute atomic E-state index is 6.34. The fourth-order valence-electron chi connectivity index (χ4n) is 2.62. The van der Waals surface area contributed by atoms with Crippen molar-refractivity contribution in [3.8, 4) is 17.1 Å². The summed E-state index contributed by atoms with van der Waals surface area (Å²) >= 11 is 6.34. The van der Waals surface area contributed by atoms with E-state index in [1.807, 2.05) is 24.3 Å². The van der Waals surface area contributed by atoms with E-state index in [1.165, 1.54) is 12.8 Å². The average Bonchev–Trinajstić information content (AvgIpc) is 2.53. The molecule has 0 saturated carbocycles. The molecule has 110 valence electrons. The van der Waals surface area contributed by atoms with Gasteiger partial charge in [0.05, 0.1) is 6.61 Å². The molecule has 3 rings (SSSR count). The molecule has 0 fully saturated rings. The Labute approximate surface area is 130 Å². The average molecular weight is 303 g/mol. The first-order valence-corrected chi connectivity index (χ1v) is 7.94. The Balaban J connectivity index is 1.95. The van der Waals surface area contributed by atoms with Crippen molar-refractivity contribution in [2.75, 3.05) is 6.61 Å². The highest BCUT2D eigenvalue weighted by molar-refractivity contribution is 6.30. The first-order chi connectivity index (χ1) is 10.3. The van der Waals surface area contributed by atoms with Crippen LogP contribution in [0.4, 0.5) is 0 Å². The molecule has 1 aliphatic carbocycles. The molecular formula is C17H19ClN2O. The van der Waals surface area contributed by atoms with Gasteiger partial charge in [-0.2, -0.15) is 0 Å². The van der Waals surface area contributed by atoms with Gasteiger partial charge in [0.1, 0.15) is 10.9 Å². The number of benzene rings is 1. The van der Waals surface area contributed by atoms with E-state index in [2.05, 4.69) is 11.9 Å². The van der Waals surface area contributed by atoms with Gasteiger partial charge in [-0.25, -0.2) is 9.97 Å². The number of nitrogens with zero attached hydrogens (tertiary/aromatic N) is 2. The highest BCUT2D eigenvalue weighted by Gasteiger charge is 2.17. The number of aryl methyl sites for hydroxylation is 1. The second-order valence-electron chi connectivity index (χ2n) is 5.35. The number of hydrogen-bond acceptors (Lipinski definition) is 3. The van der Waals surface area contributed by atoms with E-state index >= 15 is 0 Å². The minimum Gasteiger partial charge on any atom is -0.494 e. The fourth-order valence-corrected chi connectivity index (χ4v) is 2.91. The summed E-state index contributed by atoms with van der Waals surface area (Å²) in [7, 11) is 0. The summed E-state index contributed by atoms with van der Waals surface area (Å²) < 4.78 is 5.67. The summed E-state index contributed by atoms with van der Waals surface area (Å²) in [5.74, 6) is 1.55. The van der Waals surface area contributed by atoms with Crippen molar-refractivity contribution in [3.05, 3.63) is 40.7 Å². The van der Waals surface area contributed by atoms with Gasteiger partial charge in [0.15, 0.2) is 5.82 Å². The minimum absolute atomic E-state index is 0.606. The highest BCUT2D eigenvalue weighted by atomic mass is 35.5. The summed E-state index contributed by atoms with van der Waals surface area (Å²) in [4.78, 5) is 9.19. The van der Waals surface area contributed by atoms with Gasteiger partial charge in [-0.3, -0.25) is 0 Å². The minimum atomic E-state index is 0.606. The van der Waals surface area contributed by atoms with Gasteiger partial charge >= 0.3 is 0 Å². The SMILES string of the molecule is CCCOc1cccc(-c2nc(Cl)c3c(n2)CCCC3)c1. The molecule has 0 bridgehead atoms. The van der Waals surface area contributed by atoms with E-state index in [0.717, 1.165) is 48.4 Å². The monoisotopic (exact) mass is 302 g/mol. The molecule has 21 heavy (non-hydrogen) atoms. The third-order valence-electron chi connectivity index (χ3n) is 3.70. The lowest BCUT2D eigenvalue weighted by Crippen LogP contribution is -2.08. The van der Waals surface area contributed by atoms with E-state index < -0.39 is 0 Å². The van der Waals surface area contributed by atoms with Gasteiger partial charge in [0.2, 0.25) is 0 Å². The van der Waals surface area contributed by atoms with E-state index in [1.54, 1.807) is 0 Å². The summed E-state index contributed by atoms with van der Waals surface area (Å²) in [5.41, 5.74) is 3.19. The number of halogens is 1. The lowest BCUT2D eigenvalue weighted by molar-refractivity contribution is 0.317. The Morgan fingerprint density at radius 3 is 2.90 bits per heavy atom. The molecule has 0 atom stereocenters. The van der Waals surface area contributed by atoms with Crippen molar-refractivity contribution in [3.63, 3.8) is 0 Å². The molecule has 0 aliphatic heterocycles. The van der Waals surface area contributed by atoms with Crippen LogP contribution in [-0.2, 0) is 12.8 Å². The Kier molecular flexibility index (Phi) is 4.39. The number of ether oxygens (including phenoxy) is 1. The van der Waals surface area contributed by atoms with E-state index in [9.17, 15) is 0 Å². The molecule has 0 unspecified atom stereocenters. The quantitative estimate of drug-likeness (QED) is 0.782. The van der Waals surface area contributed by atoms with Crippen molar-refractivity contribution in [2.45, 2.75) is 39.0 Å². The van der Waals surface area contributed by atoms with Gasteiger partial charge in [-0.05, 0) is 44.2 Å². The van der Waals surface area contributed by atoms with E-state index in [-0.39, 0.29) is 0 Å². The van der Waals surface area contributed by atoms with Crippen LogP contribution in [0.15, 0.2) is 24.3 Å². The van der Waals surface area contributed by atoms with Crippen LogP contribution in [-0.4, -0.2) is 16.6 Å². The first kappa shape index (κ1) is 14.3. The van der Waals surface area contributed by atoms with Crippen molar-refractivity contribution in [1.29, 1.82) is 0 Å². The zero-order chi connectivity index (χ0) is 14.7. The largest absolute Gasteiger partial charge is 0.494 e. The van der Waals surface area contributed by atoms with Crippen molar-refractivity contribution in [1.82, 2.24) is 9.97 Å². The number of hydrogen-bond donors (Lipinski definition) is 0. The Morgan fingerprint density at radius 1 is 1.19 bits per heavy atom. The third kappa shape index (κ3) is 3.18. The Hall–Kier alpha value is -1.61. The van der Waals surface area contributed by atoms with E-state index in [0.29, 0.717) is 11.0 Å². The van der Waals surface area contributed by atoms with Crippen molar-refractivity contribution < 1.29 is 4.74 Å². The van der Waals surface area contributed by atoms with Gasteiger partial charge in [-0.1, -0.05) is 30.7 Å². The first-order valence-electron chi connectivity index (χ1n) is 7.56. The summed E-state index contributed by atoms with van der Waals surface area (Å²) in [6.07, 6.45) is 5.34. The molecule has 1 aromatic carbocycles. The zero-order valence-corrected chi connectivity index (χ0v) is 13.0. The Bertz CT molecular complexity index is 643. The van der Waals surface area contributed by atoms with Gasteiger partial charge < -0.3 is 4.74 Å². The second-order valence-corrected chi connectivity index (χ2v) is 5.70. The van der Waals surface area contributed by atoms with Crippen LogP contribution >= 0.6 is 11.6 Å². The summed E-state index contributed by atoms with van der Waals surface area (Å²) in [5, 5.41) is 0.606. The predicted octanol–water partition coefficient (Wildman–Crippen LogP) is 4.46. The Morgan fingerprint density at radius 2 is 2.05 bits per heavy atom. The molecule has 4 heteroatoms. The van der Waals surface area contributed by atoms with Crippen LogP contribution in [0, 0.1) is 0 Å². The predicted molar refractivity (Wildman–Crippen MR) is 84.9 cm³/mol. The summed E-state index contributed by atoms with van der Waals surface area (Å²) in [6, 6.07) is 7.91. The van der Waals surface area contributed by atoms with Crippen LogP contribution in [0.3, 0.4) is 0 Å². The molecule has 2 aromatic rings. The lowest BCUT2D eigenvalue weighted by atomic mass is 9.97. The van der Waals surface area contributed by atoms with Crippen LogP contribution in [0.5, 0.6) is 5.75 Å².